The number of rotatable bonds is 5. The zero-order valence-corrected chi connectivity index (χ0v) is 11.6. The second-order valence-corrected chi connectivity index (χ2v) is 5.12. The number of hydrogen-bond acceptors (Lipinski definition) is 3. The maximum Gasteiger partial charge on any atom is 0.269 e. The first kappa shape index (κ1) is 14.5. The Hall–Kier alpha value is -1.91. The van der Waals surface area contributed by atoms with E-state index in [-0.39, 0.29) is 11.8 Å². The topological polar surface area (TPSA) is 71.1 Å². The fourth-order valence-corrected chi connectivity index (χ4v) is 2.42. The van der Waals surface area contributed by atoms with Crippen molar-refractivity contribution in [2.45, 2.75) is 44.6 Å². The van der Waals surface area contributed by atoms with Crippen LogP contribution in [0.15, 0.2) is 24.4 Å². The molecule has 0 bridgehead atoms. The highest BCUT2D eigenvalue weighted by Crippen LogP contribution is 2.17. The molecule has 20 heavy (non-hydrogen) atoms. The Labute approximate surface area is 119 Å². The molecule has 0 saturated heterocycles. The van der Waals surface area contributed by atoms with Crippen LogP contribution in [0.1, 0.15) is 49.0 Å². The molecule has 2 rings (SSSR count). The molecule has 0 radical (unpaired) electrons. The summed E-state index contributed by atoms with van der Waals surface area (Å²) in [5.41, 5.74) is 0.375. The van der Waals surface area contributed by atoms with Gasteiger partial charge in [-0.3, -0.25) is 14.6 Å². The maximum absolute atomic E-state index is 11.8. The van der Waals surface area contributed by atoms with Crippen LogP contribution in [0.5, 0.6) is 0 Å². The normalized spacial score (nSPS) is 15.6. The van der Waals surface area contributed by atoms with E-state index in [1.165, 1.54) is 19.3 Å². The van der Waals surface area contributed by atoms with Crippen LogP contribution < -0.4 is 10.6 Å². The Bertz CT molecular complexity index is 442. The van der Waals surface area contributed by atoms with E-state index in [1.807, 2.05) is 0 Å². The number of hydrogen-bond donors (Lipinski definition) is 2. The maximum atomic E-state index is 11.8. The number of carbonyl (C=O) groups is 2. The average Bonchev–Trinajstić information content (AvgIpc) is 2.49. The first-order chi connectivity index (χ1) is 9.75. The van der Waals surface area contributed by atoms with Crippen molar-refractivity contribution in [2.24, 2.45) is 0 Å². The van der Waals surface area contributed by atoms with Gasteiger partial charge in [0.25, 0.3) is 5.91 Å². The number of carbonyl (C=O) groups excluding carboxylic acids is 2. The van der Waals surface area contributed by atoms with Crippen LogP contribution in [-0.4, -0.2) is 29.4 Å². The average molecular weight is 275 g/mol. The third kappa shape index (κ3) is 4.64. The van der Waals surface area contributed by atoms with Crippen molar-refractivity contribution in [3.8, 4) is 0 Å². The van der Waals surface area contributed by atoms with E-state index in [4.69, 9.17) is 0 Å². The van der Waals surface area contributed by atoms with Gasteiger partial charge in [-0.15, -0.1) is 0 Å². The van der Waals surface area contributed by atoms with Crippen molar-refractivity contribution >= 4 is 11.8 Å². The van der Waals surface area contributed by atoms with Crippen LogP contribution in [0.4, 0.5) is 0 Å². The lowest BCUT2D eigenvalue weighted by atomic mass is 9.95. The summed E-state index contributed by atoms with van der Waals surface area (Å²) < 4.78 is 0. The smallest absolute Gasteiger partial charge is 0.269 e. The highest BCUT2D eigenvalue weighted by atomic mass is 16.2. The predicted molar refractivity (Wildman–Crippen MR) is 76.2 cm³/mol. The molecule has 2 amide bonds. The summed E-state index contributed by atoms with van der Waals surface area (Å²) >= 11 is 0. The second kappa shape index (κ2) is 7.62. The molecule has 0 aromatic carbocycles. The van der Waals surface area contributed by atoms with E-state index in [0.717, 1.165) is 12.8 Å². The monoisotopic (exact) mass is 275 g/mol. The standard InChI is InChI=1S/C15H21N3O2/c19-14(18-12-6-2-1-3-7-12)9-11-17-15(20)13-8-4-5-10-16-13/h4-5,8,10,12H,1-3,6-7,9,11H2,(H,17,20)(H,18,19). The van der Waals surface area contributed by atoms with Crippen LogP contribution in [0.25, 0.3) is 0 Å². The minimum Gasteiger partial charge on any atom is -0.353 e. The van der Waals surface area contributed by atoms with E-state index >= 15 is 0 Å². The van der Waals surface area contributed by atoms with E-state index in [2.05, 4.69) is 15.6 Å². The Morgan fingerprint density at radius 1 is 1.20 bits per heavy atom. The second-order valence-electron chi connectivity index (χ2n) is 5.12. The van der Waals surface area contributed by atoms with Crippen molar-refractivity contribution in [2.75, 3.05) is 6.54 Å². The molecule has 1 heterocycles. The summed E-state index contributed by atoms with van der Waals surface area (Å²) in [6.07, 6.45) is 7.70. The van der Waals surface area contributed by atoms with Crippen molar-refractivity contribution < 1.29 is 9.59 Å². The van der Waals surface area contributed by atoms with Crippen molar-refractivity contribution in [3.63, 3.8) is 0 Å². The molecule has 0 unspecified atom stereocenters. The lowest BCUT2D eigenvalue weighted by Gasteiger charge is -2.22. The molecule has 1 aromatic heterocycles. The molecule has 0 aliphatic heterocycles. The molecule has 108 valence electrons. The fraction of sp³-hybridized carbons (Fsp3) is 0.533. The van der Waals surface area contributed by atoms with Gasteiger partial charge in [-0.25, -0.2) is 0 Å². The number of amides is 2. The van der Waals surface area contributed by atoms with Crippen molar-refractivity contribution in [1.29, 1.82) is 0 Å². The number of nitrogens with zero attached hydrogens (tertiary/aromatic N) is 1. The van der Waals surface area contributed by atoms with E-state index < -0.39 is 0 Å². The Morgan fingerprint density at radius 2 is 2.00 bits per heavy atom. The van der Waals surface area contributed by atoms with Gasteiger partial charge >= 0.3 is 0 Å². The van der Waals surface area contributed by atoms with Crippen LogP contribution >= 0.6 is 0 Å². The molecule has 1 saturated carbocycles. The highest BCUT2D eigenvalue weighted by Gasteiger charge is 2.15. The van der Waals surface area contributed by atoms with Crippen molar-refractivity contribution in [3.05, 3.63) is 30.1 Å². The van der Waals surface area contributed by atoms with Gasteiger partial charge in [0.1, 0.15) is 5.69 Å². The predicted octanol–water partition coefficient (Wildman–Crippen LogP) is 1.65. The molecule has 0 atom stereocenters. The van der Waals surface area contributed by atoms with Crippen molar-refractivity contribution in [1.82, 2.24) is 15.6 Å². The summed E-state index contributed by atoms with van der Waals surface area (Å²) in [5, 5.41) is 5.73. The summed E-state index contributed by atoms with van der Waals surface area (Å²) in [7, 11) is 0. The van der Waals surface area contributed by atoms with Crippen LogP contribution in [0.2, 0.25) is 0 Å². The molecule has 2 N–H and O–H groups in total. The fourth-order valence-electron chi connectivity index (χ4n) is 2.42. The molecular formula is C15H21N3O2. The highest BCUT2D eigenvalue weighted by molar-refractivity contribution is 5.92. The van der Waals surface area contributed by atoms with Gasteiger partial charge in [0.05, 0.1) is 0 Å². The molecule has 1 aromatic rings. The summed E-state index contributed by atoms with van der Waals surface area (Å²) in [4.78, 5) is 27.4. The quantitative estimate of drug-likeness (QED) is 0.858. The lowest BCUT2D eigenvalue weighted by Crippen LogP contribution is -2.38. The summed E-state index contributed by atoms with van der Waals surface area (Å²) in [5.74, 6) is -0.228. The number of pyridine rings is 1. The Balaban J connectivity index is 1.65. The van der Waals surface area contributed by atoms with E-state index in [9.17, 15) is 9.59 Å². The minimum absolute atomic E-state index is 0.0122. The third-order valence-corrected chi connectivity index (χ3v) is 3.51. The van der Waals surface area contributed by atoms with Crippen LogP contribution in [0, 0.1) is 0 Å². The summed E-state index contributed by atoms with van der Waals surface area (Å²) in [6, 6.07) is 5.49. The van der Waals surface area contributed by atoms with Gasteiger partial charge in [0, 0.05) is 25.2 Å². The van der Waals surface area contributed by atoms with Gasteiger partial charge in [0.15, 0.2) is 0 Å². The summed E-state index contributed by atoms with van der Waals surface area (Å²) in [6.45, 7) is 0.341. The first-order valence-corrected chi connectivity index (χ1v) is 7.24. The zero-order chi connectivity index (χ0) is 14.2. The molecular weight excluding hydrogens is 254 g/mol. The van der Waals surface area contributed by atoms with Crippen LogP contribution in [0.3, 0.4) is 0 Å². The first-order valence-electron chi connectivity index (χ1n) is 7.24. The van der Waals surface area contributed by atoms with Gasteiger partial charge in [-0.1, -0.05) is 25.3 Å². The largest absolute Gasteiger partial charge is 0.353 e. The van der Waals surface area contributed by atoms with Gasteiger partial charge < -0.3 is 10.6 Å². The molecule has 1 aliphatic carbocycles. The van der Waals surface area contributed by atoms with E-state index in [1.54, 1.807) is 24.4 Å². The molecule has 0 spiro atoms. The van der Waals surface area contributed by atoms with E-state index in [0.29, 0.717) is 24.7 Å². The minimum atomic E-state index is -0.240. The van der Waals surface area contributed by atoms with Gasteiger partial charge in [-0.2, -0.15) is 0 Å². The lowest BCUT2D eigenvalue weighted by molar-refractivity contribution is -0.121. The number of aromatic nitrogens is 1. The molecule has 5 heteroatoms. The third-order valence-electron chi connectivity index (χ3n) is 3.51. The van der Waals surface area contributed by atoms with Gasteiger partial charge in [-0.05, 0) is 25.0 Å². The molecule has 5 nitrogen and oxygen atoms in total. The number of nitrogens with one attached hydrogen (secondary N) is 2. The molecule has 1 aliphatic rings. The Kier molecular flexibility index (Phi) is 5.53. The van der Waals surface area contributed by atoms with Crippen LogP contribution in [-0.2, 0) is 4.79 Å². The Morgan fingerprint density at radius 3 is 2.70 bits per heavy atom. The zero-order valence-electron chi connectivity index (χ0n) is 11.6. The molecule has 1 fully saturated rings. The van der Waals surface area contributed by atoms with Gasteiger partial charge in [0.2, 0.25) is 5.91 Å². The SMILES string of the molecule is O=C(CCNC(=O)c1ccccn1)NC1CCCCC1.